The molecular formula is C13H14Si. The molecule has 0 aromatic heterocycles. The maximum absolute atomic E-state index is 2.26. The molecule has 2 aromatic rings. The lowest BCUT2D eigenvalue weighted by Gasteiger charge is -2.04. The average Bonchev–Trinajstić information content (AvgIpc) is 2.23. The summed E-state index contributed by atoms with van der Waals surface area (Å²) in [5.41, 5.74) is 1.43. The Morgan fingerprint density at radius 1 is 0.786 bits per heavy atom. The molecule has 2 rings (SSSR count). The van der Waals surface area contributed by atoms with Gasteiger partial charge in [0.25, 0.3) is 0 Å². The van der Waals surface area contributed by atoms with Gasteiger partial charge in [0, 0.05) is 0 Å². The molecule has 0 fully saturated rings. The first kappa shape index (κ1) is 9.22. The van der Waals surface area contributed by atoms with E-state index in [9.17, 15) is 0 Å². The van der Waals surface area contributed by atoms with E-state index >= 15 is 0 Å². The third-order valence-electron chi connectivity index (χ3n) is 2.50. The number of benzene rings is 2. The normalized spacial score (nSPS) is 10.9. The van der Waals surface area contributed by atoms with Crippen LogP contribution in [0.3, 0.4) is 0 Å². The number of hydrogen-bond donors (Lipinski definition) is 0. The molecule has 0 spiro atoms. The summed E-state index contributed by atoms with van der Waals surface area (Å²) in [6, 6.07) is 19.5. The van der Waals surface area contributed by atoms with E-state index in [0.717, 1.165) is 0 Å². The molecule has 0 amide bonds. The fourth-order valence-electron chi connectivity index (χ4n) is 1.62. The van der Waals surface area contributed by atoms with Crippen molar-refractivity contribution in [2.45, 2.75) is 6.92 Å². The molecule has 0 N–H and O–H groups in total. The van der Waals surface area contributed by atoms with Crippen molar-refractivity contribution in [1.82, 2.24) is 0 Å². The van der Waals surface area contributed by atoms with E-state index in [2.05, 4.69) is 61.5 Å². The van der Waals surface area contributed by atoms with Crippen LogP contribution in [0.5, 0.6) is 0 Å². The molecule has 1 heteroatoms. The van der Waals surface area contributed by atoms with Gasteiger partial charge in [0.15, 0.2) is 0 Å². The van der Waals surface area contributed by atoms with Gasteiger partial charge < -0.3 is 0 Å². The lowest BCUT2D eigenvalue weighted by molar-refractivity contribution is 1.52. The van der Waals surface area contributed by atoms with E-state index in [1.165, 1.54) is 10.8 Å². The van der Waals surface area contributed by atoms with Gasteiger partial charge in [0.05, 0.1) is 9.52 Å². The van der Waals surface area contributed by atoms with Crippen molar-refractivity contribution in [2.75, 3.05) is 0 Å². The maximum atomic E-state index is 2.26. The standard InChI is InChI=1S/C13H14Si/c1-11-7-5-6-10-13(11)14-12-8-3-2-4-9-12/h2-10H,14H2,1H3. The molecule has 0 heterocycles. The number of rotatable bonds is 2. The summed E-state index contributed by atoms with van der Waals surface area (Å²) in [5, 5.41) is 3.07. The zero-order valence-corrected chi connectivity index (χ0v) is 9.82. The Morgan fingerprint density at radius 2 is 1.43 bits per heavy atom. The highest BCUT2D eigenvalue weighted by atomic mass is 28.2. The quantitative estimate of drug-likeness (QED) is 0.634. The first-order valence-electron chi connectivity index (χ1n) is 4.95. The summed E-state index contributed by atoms with van der Waals surface area (Å²) in [4.78, 5) is 0. The Hall–Kier alpha value is -1.34. The van der Waals surface area contributed by atoms with Crippen LogP contribution in [0.25, 0.3) is 0 Å². The molecule has 0 unspecified atom stereocenters. The lowest BCUT2D eigenvalue weighted by atomic mass is 10.2. The average molecular weight is 198 g/mol. The van der Waals surface area contributed by atoms with Crippen LogP contribution >= 0.6 is 0 Å². The van der Waals surface area contributed by atoms with Gasteiger partial charge in [-0.25, -0.2) is 0 Å². The van der Waals surface area contributed by atoms with Crippen LogP contribution in [0.1, 0.15) is 5.56 Å². The van der Waals surface area contributed by atoms with Crippen molar-refractivity contribution in [2.24, 2.45) is 0 Å². The fourth-order valence-corrected chi connectivity index (χ4v) is 3.22. The summed E-state index contributed by atoms with van der Waals surface area (Å²) in [5.74, 6) is 0. The minimum atomic E-state index is -0.263. The molecule has 0 bridgehead atoms. The van der Waals surface area contributed by atoms with Gasteiger partial charge in [0.2, 0.25) is 0 Å². The second-order valence-electron chi connectivity index (χ2n) is 3.59. The SMILES string of the molecule is Cc1ccccc1[SiH2]c1ccccc1. The predicted molar refractivity (Wildman–Crippen MR) is 65.4 cm³/mol. The highest BCUT2D eigenvalue weighted by Gasteiger charge is 1.98. The van der Waals surface area contributed by atoms with Crippen LogP contribution < -0.4 is 10.4 Å². The van der Waals surface area contributed by atoms with Crippen LogP contribution in [0.2, 0.25) is 0 Å². The van der Waals surface area contributed by atoms with Crippen LogP contribution in [-0.2, 0) is 0 Å². The first-order valence-corrected chi connectivity index (χ1v) is 6.36. The van der Waals surface area contributed by atoms with Crippen molar-refractivity contribution in [3.8, 4) is 0 Å². The summed E-state index contributed by atoms with van der Waals surface area (Å²) in [6.45, 7) is 2.20. The van der Waals surface area contributed by atoms with Crippen LogP contribution in [0, 0.1) is 6.92 Å². The van der Waals surface area contributed by atoms with E-state index in [4.69, 9.17) is 0 Å². The first-order chi connectivity index (χ1) is 6.86. The molecular weight excluding hydrogens is 184 g/mol. The smallest absolute Gasteiger partial charge is 0.0633 e. The van der Waals surface area contributed by atoms with E-state index < -0.39 is 0 Å². The van der Waals surface area contributed by atoms with Gasteiger partial charge in [-0.3, -0.25) is 0 Å². The zero-order chi connectivity index (χ0) is 9.80. The Kier molecular flexibility index (Phi) is 2.80. The van der Waals surface area contributed by atoms with Gasteiger partial charge in [0.1, 0.15) is 0 Å². The molecule has 0 aliphatic rings. The largest absolute Gasteiger partial charge is 0.0878 e. The number of hydrogen-bond acceptors (Lipinski definition) is 0. The van der Waals surface area contributed by atoms with Gasteiger partial charge in [-0.2, -0.15) is 0 Å². The van der Waals surface area contributed by atoms with Crippen LogP contribution in [-0.4, -0.2) is 9.52 Å². The lowest BCUT2D eigenvalue weighted by Crippen LogP contribution is -2.28. The maximum Gasteiger partial charge on any atom is 0.0878 e. The van der Waals surface area contributed by atoms with E-state index in [1.54, 1.807) is 5.19 Å². The molecule has 0 nitrogen and oxygen atoms in total. The summed E-state index contributed by atoms with van der Waals surface area (Å²) < 4.78 is 0. The van der Waals surface area contributed by atoms with E-state index in [1.807, 2.05) is 0 Å². The highest BCUT2D eigenvalue weighted by molar-refractivity contribution is 6.67. The molecule has 2 aromatic carbocycles. The van der Waals surface area contributed by atoms with Crippen molar-refractivity contribution in [1.29, 1.82) is 0 Å². The third-order valence-corrected chi connectivity index (χ3v) is 4.55. The van der Waals surface area contributed by atoms with Crippen LogP contribution in [0.4, 0.5) is 0 Å². The molecule has 0 aliphatic carbocycles. The second kappa shape index (κ2) is 4.25. The van der Waals surface area contributed by atoms with E-state index in [-0.39, 0.29) is 9.52 Å². The molecule has 14 heavy (non-hydrogen) atoms. The summed E-state index contributed by atoms with van der Waals surface area (Å²) in [7, 11) is -0.263. The highest BCUT2D eigenvalue weighted by Crippen LogP contribution is 1.92. The molecule has 0 aliphatic heterocycles. The van der Waals surface area contributed by atoms with Crippen molar-refractivity contribution >= 4 is 19.9 Å². The predicted octanol–water partition coefficient (Wildman–Crippen LogP) is 1.11. The van der Waals surface area contributed by atoms with Gasteiger partial charge in [-0.1, -0.05) is 70.5 Å². The van der Waals surface area contributed by atoms with E-state index in [0.29, 0.717) is 0 Å². The summed E-state index contributed by atoms with van der Waals surface area (Å²) in [6.07, 6.45) is 0. The van der Waals surface area contributed by atoms with Crippen molar-refractivity contribution in [3.05, 3.63) is 60.2 Å². The minimum Gasteiger partial charge on any atom is -0.0633 e. The fraction of sp³-hybridized carbons (Fsp3) is 0.0769. The van der Waals surface area contributed by atoms with Crippen molar-refractivity contribution in [3.63, 3.8) is 0 Å². The topological polar surface area (TPSA) is 0 Å². The Bertz CT molecular complexity index is 407. The monoisotopic (exact) mass is 198 g/mol. The third kappa shape index (κ3) is 2.12. The number of aryl methyl sites for hydroxylation is 1. The minimum absolute atomic E-state index is 0.263. The molecule has 0 saturated carbocycles. The zero-order valence-electron chi connectivity index (χ0n) is 8.40. The second-order valence-corrected chi connectivity index (χ2v) is 5.52. The molecule has 0 atom stereocenters. The summed E-state index contributed by atoms with van der Waals surface area (Å²) >= 11 is 0. The molecule has 0 radical (unpaired) electrons. The van der Waals surface area contributed by atoms with Crippen LogP contribution in [0.15, 0.2) is 54.6 Å². The Labute approximate surface area is 87.4 Å². The van der Waals surface area contributed by atoms with Gasteiger partial charge in [-0.15, -0.1) is 0 Å². The van der Waals surface area contributed by atoms with Crippen molar-refractivity contribution < 1.29 is 0 Å². The Morgan fingerprint density at radius 3 is 2.14 bits per heavy atom. The molecule has 70 valence electrons. The molecule has 0 saturated heterocycles. The van der Waals surface area contributed by atoms with Gasteiger partial charge >= 0.3 is 0 Å². The van der Waals surface area contributed by atoms with Gasteiger partial charge in [-0.05, 0) is 6.92 Å². The Balaban J connectivity index is 2.24.